The fourth-order valence-electron chi connectivity index (χ4n) is 1.86. The molecule has 0 aromatic carbocycles. The van der Waals surface area contributed by atoms with Crippen LogP contribution < -0.4 is 15.4 Å². The van der Waals surface area contributed by atoms with E-state index in [0.717, 1.165) is 29.2 Å². The largest absolute Gasteiger partial charge is 0.495 e. The number of aromatic nitrogens is 2. The van der Waals surface area contributed by atoms with Crippen LogP contribution in [0.5, 0.6) is 5.75 Å². The SMILES string of the molecule is COc1cccnc1CCNC(=S)Nc1ncccc1C. The second kappa shape index (κ2) is 7.54. The van der Waals surface area contributed by atoms with Gasteiger partial charge in [0, 0.05) is 25.4 Å². The first-order valence-electron chi connectivity index (χ1n) is 6.65. The van der Waals surface area contributed by atoms with E-state index in [4.69, 9.17) is 17.0 Å². The molecule has 110 valence electrons. The summed E-state index contributed by atoms with van der Waals surface area (Å²) in [4.78, 5) is 8.54. The van der Waals surface area contributed by atoms with Crippen molar-refractivity contribution in [3.8, 4) is 5.75 Å². The number of nitrogens with one attached hydrogen (secondary N) is 2. The standard InChI is InChI=1S/C15H18N4OS/c1-11-5-3-9-17-14(11)19-15(21)18-10-7-12-13(20-2)6-4-8-16-12/h3-6,8-9H,7,10H2,1-2H3,(H2,17,18,19,21). The lowest BCUT2D eigenvalue weighted by atomic mass is 10.2. The van der Waals surface area contributed by atoms with Crippen molar-refractivity contribution >= 4 is 23.1 Å². The molecule has 6 heteroatoms. The van der Waals surface area contributed by atoms with Gasteiger partial charge >= 0.3 is 0 Å². The summed E-state index contributed by atoms with van der Waals surface area (Å²) >= 11 is 5.26. The van der Waals surface area contributed by atoms with Crippen molar-refractivity contribution in [2.24, 2.45) is 0 Å². The lowest BCUT2D eigenvalue weighted by Gasteiger charge is -2.12. The number of anilines is 1. The molecule has 2 aromatic rings. The average Bonchev–Trinajstić information content (AvgIpc) is 2.50. The van der Waals surface area contributed by atoms with E-state index in [0.29, 0.717) is 11.7 Å². The van der Waals surface area contributed by atoms with Gasteiger partial charge in [-0.2, -0.15) is 0 Å². The van der Waals surface area contributed by atoms with Crippen molar-refractivity contribution in [3.63, 3.8) is 0 Å². The fourth-order valence-corrected chi connectivity index (χ4v) is 2.06. The average molecular weight is 302 g/mol. The zero-order valence-electron chi connectivity index (χ0n) is 12.1. The highest BCUT2D eigenvalue weighted by molar-refractivity contribution is 7.80. The van der Waals surface area contributed by atoms with E-state index in [9.17, 15) is 0 Å². The fraction of sp³-hybridized carbons (Fsp3) is 0.267. The van der Waals surface area contributed by atoms with E-state index in [2.05, 4.69) is 20.6 Å². The molecule has 0 aliphatic heterocycles. The normalized spacial score (nSPS) is 10.0. The molecule has 0 atom stereocenters. The number of rotatable bonds is 5. The van der Waals surface area contributed by atoms with Crippen LogP contribution in [0.25, 0.3) is 0 Å². The molecule has 0 radical (unpaired) electrons. The minimum atomic E-state index is 0.548. The summed E-state index contributed by atoms with van der Waals surface area (Å²) in [5.74, 6) is 1.56. The van der Waals surface area contributed by atoms with Gasteiger partial charge in [-0.15, -0.1) is 0 Å². The van der Waals surface area contributed by atoms with Gasteiger partial charge in [0.25, 0.3) is 0 Å². The van der Waals surface area contributed by atoms with Crippen molar-refractivity contribution in [1.82, 2.24) is 15.3 Å². The van der Waals surface area contributed by atoms with Gasteiger partial charge in [-0.05, 0) is 42.9 Å². The highest BCUT2D eigenvalue weighted by Gasteiger charge is 2.04. The van der Waals surface area contributed by atoms with E-state index >= 15 is 0 Å². The molecule has 0 bridgehead atoms. The van der Waals surface area contributed by atoms with Gasteiger partial charge in [0.2, 0.25) is 0 Å². The summed E-state index contributed by atoms with van der Waals surface area (Å²) in [5, 5.41) is 6.77. The first-order valence-corrected chi connectivity index (χ1v) is 7.06. The van der Waals surface area contributed by atoms with E-state index in [1.54, 1.807) is 19.5 Å². The van der Waals surface area contributed by atoms with Crippen LogP contribution in [0.4, 0.5) is 5.82 Å². The molecular weight excluding hydrogens is 284 g/mol. The number of methoxy groups -OCH3 is 1. The predicted octanol–water partition coefficient (Wildman–Crippen LogP) is 2.32. The minimum Gasteiger partial charge on any atom is -0.495 e. The van der Waals surface area contributed by atoms with Crippen LogP contribution in [0.2, 0.25) is 0 Å². The maximum absolute atomic E-state index is 5.27. The number of nitrogens with zero attached hydrogens (tertiary/aromatic N) is 2. The molecule has 0 saturated heterocycles. The summed E-state index contributed by atoms with van der Waals surface area (Å²) in [6.07, 6.45) is 4.22. The third-order valence-corrected chi connectivity index (χ3v) is 3.20. The Bertz CT molecular complexity index is 618. The number of aryl methyl sites for hydroxylation is 1. The third-order valence-electron chi connectivity index (χ3n) is 2.96. The van der Waals surface area contributed by atoms with Gasteiger partial charge in [0.15, 0.2) is 5.11 Å². The molecule has 0 saturated carbocycles. The Labute approximate surface area is 129 Å². The lowest BCUT2D eigenvalue weighted by molar-refractivity contribution is 0.406. The highest BCUT2D eigenvalue weighted by Crippen LogP contribution is 2.14. The zero-order chi connectivity index (χ0) is 15.1. The Morgan fingerprint density at radius 1 is 1.24 bits per heavy atom. The van der Waals surface area contributed by atoms with Crippen molar-refractivity contribution < 1.29 is 4.74 Å². The molecule has 2 N–H and O–H groups in total. The van der Waals surface area contributed by atoms with Gasteiger partial charge in [0.05, 0.1) is 12.8 Å². The Hall–Kier alpha value is -2.21. The molecule has 0 amide bonds. The molecule has 2 rings (SSSR count). The molecule has 0 aliphatic carbocycles. The monoisotopic (exact) mass is 302 g/mol. The smallest absolute Gasteiger partial charge is 0.171 e. The van der Waals surface area contributed by atoms with Crippen LogP contribution in [0, 0.1) is 6.92 Å². The predicted molar refractivity (Wildman–Crippen MR) is 87.7 cm³/mol. The summed E-state index contributed by atoms with van der Waals surface area (Å²) in [6.45, 7) is 2.65. The number of thiocarbonyl (C=S) groups is 1. The van der Waals surface area contributed by atoms with Crippen molar-refractivity contribution in [2.45, 2.75) is 13.3 Å². The lowest BCUT2D eigenvalue weighted by Crippen LogP contribution is -2.31. The summed E-state index contributed by atoms with van der Waals surface area (Å²) in [6, 6.07) is 7.63. The number of pyridine rings is 2. The maximum Gasteiger partial charge on any atom is 0.171 e. The summed E-state index contributed by atoms with van der Waals surface area (Å²) in [5.41, 5.74) is 1.96. The van der Waals surface area contributed by atoms with Crippen molar-refractivity contribution in [2.75, 3.05) is 19.0 Å². The van der Waals surface area contributed by atoms with Crippen LogP contribution in [0.3, 0.4) is 0 Å². The van der Waals surface area contributed by atoms with Crippen LogP contribution in [-0.2, 0) is 6.42 Å². The first kappa shape index (κ1) is 15.2. The van der Waals surface area contributed by atoms with Gasteiger partial charge in [0.1, 0.15) is 11.6 Å². The second-order valence-electron chi connectivity index (χ2n) is 4.45. The molecule has 0 fully saturated rings. The minimum absolute atomic E-state index is 0.548. The molecule has 0 spiro atoms. The van der Waals surface area contributed by atoms with E-state index < -0.39 is 0 Å². The van der Waals surface area contributed by atoms with Gasteiger partial charge in [-0.25, -0.2) is 4.98 Å². The van der Waals surface area contributed by atoms with Crippen molar-refractivity contribution in [3.05, 3.63) is 47.9 Å². The van der Waals surface area contributed by atoms with Crippen LogP contribution in [0.15, 0.2) is 36.7 Å². The van der Waals surface area contributed by atoms with E-state index in [1.807, 2.05) is 31.2 Å². The molecule has 2 heterocycles. The Balaban J connectivity index is 1.83. The van der Waals surface area contributed by atoms with Crippen LogP contribution in [-0.4, -0.2) is 28.7 Å². The Kier molecular flexibility index (Phi) is 5.45. The molecule has 2 aromatic heterocycles. The van der Waals surface area contributed by atoms with E-state index in [1.165, 1.54) is 0 Å². The molecule has 0 unspecified atom stereocenters. The second-order valence-corrected chi connectivity index (χ2v) is 4.86. The van der Waals surface area contributed by atoms with Crippen LogP contribution in [0.1, 0.15) is 11.3 Å². The quantitative estimate of drug-likeness (QED) is 0.827. The highest BCUT2D eigenvalue weighted by atomic mass is 32.1. The third kappa shape index (κ3) is 4.39. The number of hydrogen-bond acceptors (Lipinski definition) is 4. The van der Waals surface area contributed by atoms with Gasteiger partial charge in [-0.1, -0.05) is 6.07 Å². The number of ether oxygens (including phenoxy) is 1. The topological polar surface area (TPSA) is 59.1 Å². The van der Waals surface area contributed by atoms with Gasteiger partial charge in [-0.3, -0.25) is 4.98 Å². The van der Waals surface area contributed by atoms with Crippen LogP contribution >= 0.6 is 12.2 Å². The first-order chi connectivity index (χ1) is 10.2. The molecule has 5 nitrogen and oxygen atoms in total. The van der Waals surface area contributed by atoms with E-state index in [-0.39, 0.29) is 0 Å². The van der Waals surface area contributed by atoms with Gasteiger partial charge < -0.3 is 15.4 Å². The van der Waals surface area contributed by atoms with Crippen molar-refractivity contribution in [1.29, 1.82) is 0 Å². The number of hydrogen-bond donors (Lipinski definition) is 2. The summed E-state index contributed by atoms with van der Waals surface area (Å²) < 4.78 is 5.27. The summed E-state index contributed by atoms with van der Waals surface area (Å²) in [7, 11) is 1.64. The maximum atomic E-state index is 5.27. The molecular formula is C15H18N4OS. The Morgan fingerprint density at radius 2 is 2.00 bits per heavy atom. The molecule has 0 aliphatic rings. The zero-order valence-corrected chi connectivity index (χ0v) is 12.9. The molecule has 21 heavy (non-hydrogen) atoms. The Morgan fingerprint density at radius 3 is 2.76 bits per heavy atom.